The Bertz CT molecular complexity index is 1120. The van der Waals surface area contributed by atoms with Crippen LogP contribution in [0.4, 0.5) is 0 Å². The lowest BCUT2D eigenvalue weighted by Crippen LogP contribution is -2.35. The number of carbonyl (C=O) groups is 2. The van der Waals surface area contributed by atoms with E-state index in [1.165, 1.54) is 26.2 Å². The van der Waals surface area contributed by atoms with Gasteiger partial charge in [-0.1, -0.05) is 19.1 Å². The molecule has 0 aliphatic carbocycles. The van der Waals surface area contributed by atoms with E-state index in [2.05, 4.69) is 0 Å². The molecule has 36 heavy (non-hydrogen) atoms. The first-order valence-corrected chi connectivity index (χ1v) is 11.7. The number of likely N-dealkylation sites (N-methyl/N-ethyl adjacent to an activating group) is 1. The zero-order chi connectivity index (χ0) is 26.4. The molecule has 194 valence electrons. The summed E-state index contributed by atoms with van der Waals surface area (Å²) in [5, 5.41) is 11.4. The Labute approximate surface area is 211 Å². The number of nitrogens with zero attached hydrogens (tertiary/aromatic N) is 2. The third-order valence-corrected chi connectivity index (χ3v) is 5.91. The van der Waals surface area contributed by atoms with Gasteiger partial charge in [0.25, 0.3) is 11.7 Å². The number of hydrogen-bond acceptors (Lipinski definition) is 8. The maximum absolute atomic E-state index is 13.3. The van der Waals surface area contributed by atoms with Crippen molar-refractivity contribution in [3.05, 3.63) is 53.1 Å². The van der Waals surface area contributed by atoms with Gasteiger partial charge >= 0.3 is 0 Å². The first-order chi connectivity index (χ1) is 17.3. The van der Waals surface area contributed by atoms with E-state index in [9.17, 15) is 14.7 Å². The Morgan fingerprint density at radius 3 is 2.25 bits per heavy atom. The van der Waals surface area contributed by atoms with Crippen molar-refractivity contribution in [3.8, 4) is 23.0 Å². The van der Waals surface area contributed by atoms with Crippen LogP contribution in [-0.4, -0.2) is 81.7 Å². The molecular weight excluding hydrogens is 464 g/mol. The van der Waals surface area contributed by atoms with Crippen molar-refractivity contribution >= 4 is 17.4 Å². The molecule has 1 aliphatic rings. The third kappa shape index (κ3) is 5.41. The van der Waals surface area contributed by atoms with Gasteiger partial charge in [-0.15, -0.1) is 0 Å². The molecule has 1 fully saturated rings. The number of ketones is 1. The molecule has 0 bridgehead atoms. The highest BCUT2D eigenvalue weighted by Gasteiger charge is 2.46. The van der Waals surface area contributed by atoms with E-state index in [-0.39, 0.29) is 17.9 Å². The number of aliphatic hydroxyl groups is 1. The molecule has 0 aromatic heterocycles. The van der Waals surface area contributed by atoms with Crippen LogP contribution >= 0.6 is 0 Å². The molecular formula is C27H34N2O7. The summed E-state index contributed by atoms with van der Waals surface area (Å²) in [4.78, 5) is 29.9. The summed E-state index contributed by atoms with van der Waals surface area (Å²) in [6, 6.07) is 9.36. The molecule has 1 saturated heterocycles. The van der Waals surface area contributed by atoms with Gasteiger partial charge in [0.05, 0.1) is 39.6 Å². The number of Topliss-reactive ketones (excluding diaryl/α,β-unsaturated/α-hetero) is 1. The minimum absolute atomic E-state index is 0.0133. The topological polar surface area (TPSA) is 97.8 Å². The monoisotopic (exact) mass is 498 g/mol. The summed E-state index contributed by atoms with van der Waals surface area (Å²) in [6.45, 7) is 3.31. The summed E-state index contributed by atoms with van der Waals surface area (Å²) in [6.07, 6.45) is 0.828. The first-order valence-electron chi connectivity index (χ1n) is 11.7. The van der Waals surface area contributed by atoms with Crippen molar-refractivity contribution in [2.45, 2.75) is 19.4 Å². The summed E-state index contributed by atoms with van der Waals surface area (Å²) in [7, 11) is 8.24. The van der Waals surface area contributed by atoms with Crippen LogP contribution in [0.25, 0.3) is 5.76 Å². The molecule has 1 atom stereocenters. The first kappa shape index (κ1) is 26.9. The fourth-order valence-corrected chi connectivity index (χ4v) is 4.13. The van der Waals surface area contributed by atoms with Crippen LogP contribution in [0.5, 0.6) is 23.0 Å². The van der Waals surface area contributed by atoms with E-state index >= 15 is 0 Å². The molecule has 1 N–H and O–H groups in total. The zero-order valence-electron chi connectivity index (χ0n) is 21.7. The minimum Gasteiger partial charge on any atom is -0.507 e. The number of amides is 1. The predicted molar refractivity (Wildman–Crippen MR) is 136 cm³/mol. The maximum Gasteiger partial charge on any atom is 0.295 e. The highest BCUT2D eigenvalue weighted by atomic mass is 16.5. The molecule has 1 unspecified atom stereocenters. The number of carbonyl (C=O) groups excluding carboxylic acids is 2. The number of benzene rings is 2. The third-order valence-electron chi connectivity index (χ3n) is 5.91. The van der Waals surface area contributed by atoms with Gasteiger partial charge in [-0.05, 0) is 50.3 Å². The second kappa shape index (κ2) is 11.8. The molecule has 2 aromatic carbocycles. The molecule has 0 spiro atoms. The van der Waals surface area contributed by atoms with Gasteiger partial charge in [-0.25, -0.2) is 0 Å². The second-order valence-electron chi connectivity index (χ2n) is 8.63. The van der Waals surface area contributed by atoms with Gasteiger partial charge in [0.15, 0.2) is 11.5 Å². The van der Waals surface area contributed by atoms with E-state index in [0.717, 1.165) is 6.42 Å². The van der Waals surface area contributed by atoms with Gasteiger partial charge in [-0.3, -0.25) is 9.59 Å². The van der Waals surface area contributed by atoms with Crippen LogP contribution in [0.15, 0.2) is 42.0 Å². The van der Waals surface area contributed by atoms with Crippen molar-refractivity contribution in [2.24, 2.45) is 0 Å². The lowest BCUT2D eigenvalue weighted by Gasteiger charge is -2.27. The molecule has 0 saturated carbocycles. The normalized spacial score (nSPS) is 17.0. The van der Waals surface area contributed by atoms with Crippen LogP contribution in [0.1, 0.15) is 30.5 Å². The highest BCUT2D eigenvalue weighted by molar-refractivity contribution is 6.46. The van der Waals surface area contributed by atoms with Gasteiger partial charge < -0.3 is 33.9 Å². The second-order valence-corrected chi connectivity index (χ2v) is 8.63. The number of methoxy groups -OCH3 is 3. The SMILES string of the molecule is CCCOc1cccc(/C(O)=C2\C(=O)C(=O)N(CCN(C)C)C2c2cc(OC)c(OC)c(OC)c2)c1. The lowest BCUT2D eigenvalue weighted by molar-refractivity contribution is -0.140. The van der Waals surface area contributed by atoms with E-state index in [1.807, 2.05) is 25.9 Å². The summed E-state index contributed by atoms with van der Waals surface area (Å²) in [5.74, 6) is -0.0244. The van der Waals surface area contributed by atoms with Crippen LogP contribution < -0.4 is 18.9 Å². The van der Waals surface area contributed by atoms with Crippen molar-refractivity contribution in [3.63, 3.8) is 0 Å². The zero-order valence-corrected chi connectivity index (χ0v) is 21.7. The van der Waals surface area contributed by atoms with Crippen LogP contribution in [-0.2, 0) is 9.59 Å². The van der Waals surface area contributed by atoms with Crippen LogP contribution in [0.2, 0.25) is 0 Å². The number of likely N-dealkylation sites (tertiary alicyclic amines) is 1. The van der Waals surface area contributed by atoms with E-state index in [0.29, 0.717) is 47.3 Å². The Balaban J connectivity index is 2.22. The minimum atomic E-state index is -0.862. The largest absolute Gasteiger partial charge is 0.507 e. The molecule has 9 nitrogen and oxygen atoms in total. The summed E-state index contributed by atoms with van der Waals surface area (Å²) >= 11 is 0. The van der Waals surface area contributed by atoms with Gasteiger partial charge in [0.2, 0.25) is 5.75 Å². The van der Waals surface area contributed by atoms with Gasteiger partial charge in [0, 0.05) is 18.7 Å². The Kier molecular flexibility index (Phi) is 8.82. The Hall–Kier alpha value is -3.72. The summed E-state index contributed by atoms with van der Waals surface area (Å²) in [5.41, 5.74) is 0.912. The van der Waals surface area contributed by atoms with Crippen LogP contribution in [0.3, 0.4) is 0 Å². The molecule has 1 heterocycles. The highest BCUT2D eigenvalue weighted by Crippen LogP contribution is 2.45. The fraction of sp³-hybridized carbons (Fsp3) is 0.407. The van der Waals surface area contributed by atoms with Crippen molar-refractivity contribution in [2.75, 3.05) is 55.1 Å². The van der Waals surface area contributed by atoms with Crippen molar-refractivity contribution < 1.29 is 33.6 Å². The Morgan fingerprint density at radius 1 is 1.03 bits per heavy atom. The predicted octanol–water partition coefficient (Wildman–Crippen LogP) is 3.48. The molecule has 0 radical (unpaired) electrons. The Morgan fingerprint density at radius 2 is 1.69 bits per heavy atom. The van der Waals surface area contributed by atoms with Crippen molar-refractivity contribution in [1.82, 2.24) is 9.80 Å². The number of hydrogen-bond donors (Lipinski definition) is 1. The average molecular weight is 499 g/mol. The molecule has 9 heteroatoms. The smallest absolute Gasteiger partial charge is 0.295 e. The quantitative estimate of drug-likeness (QED) is 0.286. The van der Waals surface area contributed by atoms with E-state index < -0.39 is 17.7 Å². The van der Waals surface area contributed by atoms with E-state index in [4.69, 9.17) is 18.9 Å². The standard InChI is InChI=1S/C27H34N2O7/c1-7-13-36-19-10-8-9-17(14-19)24(30)22-23(29(12-11-28(2)3)27(32)25(22)31)18-15-20(33-4)26(35-6)21(16-18)34-5/h8-10,14-16,23,30H,7,11-13H2,1-6H3/b24-22+. The van der Waals surface area contributed by atoms with Gasteiger partial charge in [-0.2, -0.15) is 0 Å². The van der Waals surface area contributed by atoms with Gasteiger partial charge in [0.1, 0.15) is 11.5 Å². The number of rotatable bonds is 11. The van der Waals surface area contributed by atoms with Crippen LogP contribution in [0, 0.1) is 0 Å². The average Bonchev–Trinajstić information content (AvgIpc) is 3.14. The number of ether oxygens (including phenoxy) is 4. The summed E-state index contributed by atoms with van der Waals surface area (Å²) < 4.78 is 22.1. The lowest BCUT2D eigenvalue weighted by atomic mass is 9.94. The maximum atomic E-state index is 13.3. The van der Waals surface area contributed by atoms with E-state index in [1.54, 1.807) is 36.4 Å². The molecule has 2 aromatic rings. The molecule has 1 aliphatic heterocycles. The number of aliphatic hydroxyl groups excluding tert-OH is 1. The van der Waals surface area contributed by atoms with Crippen molar-refractivity contribution in [1.29, 1.82) is 0 Å². The fourth-order valence-electron chi connectivity index (χ4n) is 4.13. The molecule has 1 amide bonds. The molecule has 3 rings (SSSR count).